The molecule has 0 heterocycles. The molecule has 0 amide bonds. The number of benzene rings is 2. The van der Waals surface area contributed by atoms with Crippen molar-refractivity contribution < 1.29 is 4.74 Å². The van der Waals surface area contributed by atoms with Crippen LogP contribution < -0.4 is 10.1 Å². The lowest BCUT2D eigenvalue weighted by atomic mass is 9.87. The van der Waals surface area contributed by atoms with E-state index in [1.165, 1.54) is 16.8 Å². The average Bonchev–Trinajstić information content (AvgIpc) is 2.47. The van der Waals surface area contributed by atoms with Gasteiger partial charge in [0.1, 0.15) is 5.75 Å². The monoisotopic (exact) mass is 289 g/mol. The molecule has 1 aliphatic rings. The van der Waals surface area contributed by atoms with Gasteiger partial charge in [-0.3, -0.25) is 0 Å². The second kappa shape index (κ2) is 6.67. The topological polar surface area (TPSA) is 21.3 Å². The van der Waals surface area contributed by atoms with Crippen LogP contribution in [-0.4, -0.2) is 13.2 Å². The molecule has 1 N–H and O–H groups in total. The van der Waals surface area contributed by atoms with Crippen LogP contribution in [-0.2, 0) is 12.8 Å². The van der Waals surface area contributed by atoms with Gasteiger partial charge in [0.2, 0.25) is 0 Å². The Morgan fingerprint density at radius 1 is 1.05 bits per heavy atom. The van der Waals surface area contributed by atoms with Crippen LogP contribution in [0.2, 0.25) is 0 Å². The first kappa shape index (κ1) is 14.7. The Hall–Kier alpha value is -1.67. The Morgan fingerprint density at radius 2 is 1.85 bits per heavy atom. The summed E-state index contributed by atoms with van der Waals surface area (Å²) in [7, 11) is 1.75. The highest BCUT2D eigenvalue weighted by Crippen LogP contribution is 2.30. The van der Waals surface area contributed by atoms with E-state index < -0.39 is 0 Å². The highest BCUT2D eigenvalue weighted by atomic mass is 35.5. The van der Waals surface area contributed by atoms with Crippen molar-refractivity contribution >= 4 is 18.1 Å². The van der Waals surface area contributed by atoms with E-state index in [0.717, 1.165) is 25.0 Å². The fourth-order valence-corrected chi connectivity index (χ4v) is 2.86. The summed E-state index contributed by atoms with van der Waals surface area (Å²) in [5.41, 5.74) is 4.01. The van der Waals surface area contributed by atoms with E-state index in [0.29, 0.717) is 6.04 Å². The first-order valence-electron chi connectivity index (χ1n) is 6.83. The molecule has 106 valence electrons. The van der Waals surface area contributed by atoms with E-state index in [1.807, 2.05) is 6.07 Å². The Morgan fingerprint density at radius 3 is 2.60 bits per heavy atom. The lowest BCUT2D eigenvalue weighted by Crippen LogP contribution is -2.27. The van der Waals surface area contributed by atoms with Gasteiger partial charge in [0, 0.05) is 11.7 Å². The summed E-state index contributed by atoms with van der Waals surface area (Å²) >= 11 is 0. The summed E-state index contributed by atoms with van der Waals surface area (Å²) in [6.45, 7) is 0. The second-order valence-electron chi connectivity index (χ2n) is 5.05. The van der Waals surface area contributed by atoms with Gasteiger partial charge in [-0.2, -0.15) is 0 Å². The van der Waals surface area contributed by atoms with Crippen LogP contribution in [0, 0.1) is 0 Å². The van der Waals surface area contributed by atoms with Crippen LogP contribution in [0.3, 0.4) is 0 Å². The van der Waals surface area contributed by atoms with Crippen LogP contribution in [0.25, 0.3) is 0 Å². The minimum absolute atomic E-state index is 0. The van der Waals surface area contributed by atoms with Crippen molar-refractivity contribution in [3.63, 3.8) is 0 Å². The maximum atomic E-state index is 5.45. The lowest BCUT2D eigenvalue weighted by molar-refractivity contribution is 0.405. The highest BCUT2D eigenvalue weighted by Gasteiger charge is 2.20. The predicted molar refractivity (Wildman–Crippen MR) is 86.1 cm³/mol. The molecular weight excluding hydrogens is 270 g/mol. The predicted octanol–water partition coefficient (Wildman–Crippen LogP) is 4.09. The third kappa shape index (κ3) is 3.07. The number of rotatable bonds is 3. The Kier molecular flexibility index (Phi) is 4.91. The van der Waals surface area contributed by atoms with E-state index in [1.54, 1.807) is 7.11 Å². The van der Waals surface area contributed by atoms with Crippen LogP contribution in [0.1, 0.15) is 17.5 Å². The smallest absolute Gasteiger partial charge is 0.122 e. The zero-order valence-corrected chi connectivity index (χ0v) is 12.5. The van der Waals surface area contributed by atoms with Crippen molar-refractivity contribution in [1.82, 2.24) is 0 Å². The maximum Gasteiger partial charge on any atom is 0.122 e. The molecule has 0 saturated heterocycles. The quantitative estimate of drug-likeness (QED) is 0.919. The molecule has 0 aromatic heterocycles. The number of ether oxygens (including phenoxy) is 1. The van der Waals surface area contributed by atoms with Gasteiger partial charge in [0.25, 0.3) is 0 Å². The van der Waals surface area contributed by atoms with Crippen LogP contribution >= 0.6 is 12.4 Å². The van der Waals surface area contributed by atoms with E-state index in [2.05, 4.69) is 47.8 Å². The standard InChI is InChI=1S/C17H19NO.ClH/c1-19-17-9-5-6-13-12-15(10-11-16(13)17)18-14-7-3-2-4-8-14;/h2-9,15,18H,10-12H2,1H3;1H. The van der Waals surface area contributed by atoms with Crippen LogP contribution in [0.15, 0.2) is 48.5 Å². The Labute approximate surface area is 126 Å². The molecule has 2 nitrogen and oxygen atoms in total. The van der Waals surface area contributed by atoms with Gasteiger partial charge in [-0.1, -0.05) is 30.3 Å². The number of hydrogen-bond acceptors (Lipinski definition) is 2. The van der Waals surface area contributed by atoms with Gasteiger partial charge in [0.05, 0.1) is 7.11 Å². The van der Waals surface area contributed by atoms with E-state index >= 15 is 0 Å². The molecule has 0 saturated carbocycles. The van der Waals surface area contributed by atoms with Crippen molar-refractivity contribution in [2.45, 2.75) is 25.3 Å². The van der Waals surface area contributed by atoms with Crippen molar-refractivity contribution in [2.24, 2.45) is 0 Å². The third-order valence-corrected chi connectivity index (χ3v) is 3.80. The fourth-order valence-electron chi connectivity index (χ4n) is 2.86. The van der Waals surface area contributed by atoms with Gasteiger partial charge >= 0.3 is 0 Å². The minimum Gasteiger partial charge on any atom is -0.496 e. The molecule has 0 bridgehead atoms. The molecule has 0 aliphatic heterocycles. The summed E-state index contributed by atoms with van der Waals surface area (Å²) in [6, 6.07) is 17.3. The average molecular weight is 290 g/mol. The minimum atomic E-state index is 0. The van der Waals surface area contributed by atoms with Crippen molar-refractivity contribution in [1.29, 1.82) is 0 Å². The Bertz CT molecular complexity index is 556. The summed E-state index contributed by atoms with van der Waals surface area (Å²) in [5.74, 6) is 1.04. The third-order valence-electron chi connectivity index (χ3n) is 3.80. The number of methoxy groups -OCH3 is 1. The molecular formula is C17H20ClNO. The SMILES string of the molecule is COc1cccc2c1CCC(Nc1ccccc1)C2.Cl. The van der Waals surface area contributed by atoms with Crippen molar-refractivity contribution in [3.8, 4) is 5.75 Å². The number of halogens is 1. The lowest BCUT2D eigenvalue weighted by Gasteiger charge is -2.27. The molecule has 1 unspecified atom stereocenters. The largest absolute Gasteiger partial charge is 0.496 e. The van der Waals surface area contributed by atoms with Gasteiger partial charge in [0.15, 0.2) is 0 Å². The number of nitrogens with one attached hydrogen (secondary N) is 1. The first-order valence-corrected chi connectivity index (χ1v) is 6.83. The second-order valence-corrected chi connectivity index (χ2v) is 5.05. The Balaban J connectivity index is 0.00000147. The molecule has 0 spiro atoms. The molecule has 0 fully saturated rings. The molecule has 0 radical (unpaired) electrons. The summed E-state index contributed by atoms with van der Waals surface area (Å²) in [4.78, 5) is 0. The summed E-state index contributed by atoms with van der Waals surface area (Å²) in [5, 5.41) is 3.62. The molecule has 3 rings (SSSR count). The van der Waals surface area contributed by atoms with Crippen LogP contribution in [0.4, 0.5) is 5.69 Å². The number of para-hydroxylation sites is 1. The van der Waals surface area contributed by atoms with E-state index in [9.17, 15) is 0 Å². The maximum absolute atomic E-state index is 5.45. The van der Waals surface area contributed by atoms with Gasteiger partial charge < -0.3 is 10.1 Å². The van der Waals surface area contributed by atoms with Gasteiger partial charge in [-0.05, 0) is 48.6 Å². The number of fused-ring (bicyclic) bond motifs is 1. The van der Waals surface area contributed by atoms with Gasteiger partial charge in [-0.25, -0.2) is 0 Å². The molecule has 1 atom stereocenters. The molecule has 3 heteroatoms. The van der Waals surface area contributed by atoms with E-state index in [-0.39, 0.29) is 12.4 Å². The summed E-state index contributed by atoms with van der Waals surface area (Å²) in [6.07, 6.45) is 3.31. The molecule has 2 aromatic rings. The molecule has 2 aromatic carbocycles. The molecule has 20 heavy (non-hydrogen) atoms. The zero-order valence-electron chi connectivity index (χ0n) is 11.6. The van der Waals surface area contributed by atoms with Crippen molar-refractivity contribution in [2.75, 3.05) is 12.4 Å². The van der Waals surface area contributed by atoms with Crippen LogP contribution in [0.5, 0.6) is 5.75 Å². The zero-order chi connectivity index (χ0) is 13.1. The number of hydrogen-bond donors (Lipinski definition) is 1. The van der Waals surface area contributed by atoms with Gasteiger partial charge in [-0.15, -0.1) is 12.4 Å². The van der Waals surface area contributed by atoms with E-state index in [4.69, 9.17) is 4.74 Å². The normalized spacial score (nSPS) is 16.8. The number of anilines is 1. The fraction of sp³-hybridized carbons (Fsp3) is 0.294. The van der Waals surface area contributed by atoms with Crippen molar-refractivity contribution in [3.05, 3.63) is 59.7 Å². The molecule has 1 aliphatic carbocycles. The highest BCUT2D eigenvalue weighted by molar-refractivity contribution is 5.85. The first-order chi connectivity index (χ1) is 9.36. The summed E-state index contributed by atoms with van der Waals surface area (Å²) < 4.78 is 5.45.